The maximum Gasteiger partial charge on any atom is 0.267 e. The molecule has 9 heteroatoms. The van der Waals surface area contributed by atoms with Gasteiger partial charge in [0.05, 0.1) is 12.1 Å². The van der Waals surface area contributed by atoms with Gasteiger partial charge in [-0.15, -0.1) is 0 Å². The van der Waals surface area contributed by atoms with Gasteiger partial charge in [0.25, 0.3) is 5.56 Å². The average molecular weight is 463 g/mol. The van der Waals surface area contributed by atoms with Crippen LogP contribution in [0.5, 0.6) is 0 Å². The molecule has 0 amide bonds. The third kappa shape index (κ3) is 4.54. The van der Waals surface area contributed by atoms with E-state index in [1.165, 1.54) is 23.6 Å². The van der Waals surface area contributed by atoms with Gasteiger partial charge in [-0.1, -0.05) is 24.3 Å². The van der Waals surface area contributed by atoms with Gasteiger partial charge < -0.3 is 10.6 Å². The fourth-order valence-corrected chi connectivity index (χ4v) is 3.90. The summed E-state index contributed by atoms with van der Waals surface area (Å²) in [7, 11) is 1.64. The first-order valence-corrected chi connectivity index (χ1v) is 10.9. The van der Waals surface area contributed by atoms with Crippen LogP contribution >= 0.6 is 0 Å². The van der Waals surface area contributed by atoms with Gasteiger partial charge in [0.1, 0.15) is 22.3 Å². The first-order chi connectivity index (χ1) is 16.1. The van der Waals surface area contributed by atoms with Crippen LogP contribution < -0.4 is 32.5 Å². The minimum atomic E-state index is -0.429. The Labute approximate surface area is 195 Å². The molecule has 0 saturated carbocycles. The van der Waals surface area contributed by atoms with E-state index in [-0.39, 0.29) is 27.9 Å². The largest absolute Gasteiger partial charge is 0.367 e. The zero-order valence-electron chi connectivity index (χ0n) is 19.6. The molecule has 1 aliphatic heterocycles. The van der Waals surface area contributed by atoms with Gasteiger partial charge in [-0.2, -0.15) is 0 Å². The molecule has 8 nitrogen and oxygen atoms in total. The van der Waals surface area contributed by atoms with Crippen LogP contribution in [0, 0.1) is 11.2 Å². The lowest BCUT2D eigenvalue weighted by molar-refractivity contribution is 0.101. The second-order valence-electron chi connectivity index (χ2n) is 9.01. The minimum Gasteiger partial charge on any atom is -0.367 e. The van der Waals surface area contributed by atoms with Crippen molar-refractivity contribution in [3.63, 3.8) is 0 Å². The van der Waals surface area contributed by atoms with Crippen LogP contribution in [0.1, 0.15) is 36.7 Å². The Bertz CT molecular complexity index is 1500. The number of fused-ring (bicyclic) bond motifs is 1. The maximum absolute atomic E-state index is 13.4. The molecule has 2 heterocycles. The lowest BCUT2D eigenvalue weighted by Crippen LogP contribution is -2.59. The molecular weight excluding hydrogens is 435 g/mol. The molecule has 0 saturated heterocycles. The summed E-state index contributed by atoms with van der Waals surface area (Å²) in [6, 6.07) is 12.9. The summed E-state index contributed by atoms with van der Waals surface area (Å²) in [6.07, 6.45) is 0. The standard InChI is InChI=1S/C25H27FN6O2/c1-15(33)17-7-5-16(6-8-17)13-28-22(29-19-11-9-18(26)10-12-19)20-21(27)32-14-25(2,3)30-24(32)31(4)23(20)34/h5-12,27-29H,13-14H2,1-4H3/b22-20-,27-21?. The molecule has 0 fully saturated rings. The van der Waals surface area contributed by atoms with E-state index in [4.69, 9.17) is 5.41 Å². The summed E-state index contributed by atoms with van der Waals surface area (Å²) in [5.41, 5.74) is 1.75. The third-order valence-electron chi connectivity index (χ3n) is 5.71. The number of anilines is 1. The average Bonchev–Trinajstić information content (AvgIpc) is 3.13. The quantitative estimate of drug-likeness (QED) is 0.482. The van der Waals surface area contributed by atoms with Crippen LogP contribution in [0.25, 0.3) is 5.82 Å². The number of Topliss-reactive ketones (excluding diaryl/α,β-unsaturated/α-hetero) is 1. The molecule has 34 heavy (non-hydrogen) atoms. The number of carbonyl (C=O) groups excluding carboxylic acids is 1. The number of carbonyl (C=O) groups is 1. The summed E-state index contributed by atoms with van der Waals surface area (Å²) < 4.78 is 16.6. The third-order valence-corrected chi connectivity index (χ3v) is 5.71. The lowest BCUT2D eigenvalue weighted by Gasteiger charge is -2.16. The van der Waals surface area contributed by atoms with E-state index in [2.05, 4.69) is 15.6 Å². The second-order valence-corrected chi connectivity index (χ2v) is 9.01. The highest BCUT2D eigenvalue weighted by Gasteiger charge is 2.26. The predicted octanol–water partition coefficient (Wildman–Crippen LogP) is 1.39. The zero-order valence-corrected chi connectivity index (χ0v) is 19.6. The Morgan fingerprint density at radius 1 is 1.15 bits per heavy atom. The van der Waals surface area contributed by atoms with Crippen molar-refractivity contribution >= 4 is 17.3 Å². The van der Waals surface area contributed by atoms with Gasteiger partial charge in [0.15, 0.2) is 5.78 Å². The van der Waals surface area contributed by atoms with Gasteiger partial charge in [0, 0.05) is 24.8 Å². The molecule has 3 aromatic rings. The fraction of sp³-hybridized carbons (Fsp3) is 0.280. The number of hydrogen-bond acceptors (Lipinski definition) is 6. The number of nitrogens with one attached hydrogen (secondary N) is 3. The lowest BCUT2D eigenvalue weighted by atomic mass is 10.1. The highest BCUT2D eigenvalue weighted by molar-refractivity contribution is 5.94. The second kappa shape index (κ2) is 8.74. The van der Waals surface area contributed by atoms with Crippen molar-refractivity contribution in [2.24, 2.45) is 12.0 Å². The highest BCUT2D eigenvalue weighted by Crippen LogP contribution is 2.13. The normalized spacial score (nSPS) is 14.7. The molecule has 176 valence electrons. The van der Waals surface area contributed by atoms with Gasteiger partial charge in [0.2, 0.25) is 5.62 Å². The van der Waals surface area contributed by atoms with E-state index in [0.29, 0.717) is 35.8 Å². The van der Waals surface area contributed by atoms with Gasteiger partial charge in [-0.3, -0.25) is 24.1 Å². The van der Waals surface area contributed by atoms with E-state index in [9.17, 15) is 14.0 Å². The molecular formula is C25H27FN6O2. The maximum atomic E-state index is 13.4. The van der Waals surface area contributed by atoms with Crippen molar-refractivity contribution in [1.29, 1.82) is 5.41 Å². The number of aromatic nitrogens is 2. The summed E-state index contributed by atoms with van der Waals surface area (Å²) in [5, 5.41) is 15.4. The molecule has 0 aliphatic carbocycles. The Morgan fingerprint density at radius 3 is 2.41 bits per heavy atom. The minimum absolute atomic E-state index is 0.0180. The molecule has 4 rings (SSSR count). The van der Waals surface area contributed by atoms with E-state index >= 15 is 0 Å². The Balaban J connectivity index is 1.83. The molecule has 0 spiro atoms. The van der Waals surface area contributed by atoms with Gasteiger partial charge in [-0.05, 0) is 50.6 Å². The molecule has 0 unspecified atom stereocenters. The summed E-state index contributed by atoms with van der Waals surface area (Å²) in [4.78, 5) is 29.5. The first-order valence-electron chi connectivity index (χ1n) is 10.9. The zero-order chi connectivity index (χ0) is 24.6. The van der Waals surface area contributed by atoms with Crippen LogP contribution in [-0.4, -0.2) is 20.5 Å². The number of nitrogens with zero attached hydrogens (tertiary/aromatic N) is 3. The Morgan fingerprint density at radius 2 is 1.79 bits per heavy atom. The van der Waals surface area contributed by atoms with Gasteiger partial charge >= 0.3 is 0 Å². The summed E-state index contributed by atoms with van der Waals surface area (Å²) in [6.45, 7) is 6.22. The topological polar surface area (TPSA) is 104 Å². The highest BCUT2D eigenvalue weighted by atomic mass is 19.1. The van der Waals surface area contributed by atoms with Crippen molar-refractivity contribution in [3.05, 3.63) is 92.2 Å². The molecule has 0 bridgehead atoms. The smallest absolute Gasteiger partial charge is 0.267 e. The number of halogens is 1. The molecule has 1 aromatic heterocycles. The number of rotatable bonds is 6. The van der Waals surface area contributed by atoms with Crippen LogP contribution in [0.4, 0.5) is 10.1 Å². The van der Waals surface area contributed by atoms with Crippen molar-refractivity contribution < 1.29 is 9.18 Å². The molecule has 2 aromatic carbocycles. The van der Waals surface area contributed by atoms with Crippen molar-refractivity contribution in [1.82, 2.24) is 14.5 Å². The van der Waals surface area contributed by atoms with Crippen LogP contribution in [0.3, 0.4) is 0 Å². The van der Waals surface area contributed by atoms with E-state index in [0.717, 1.165) is 5.56 Å². The van der Waals surface area contributed by atoms with Crippen molar-refractivity contribution in [2.45, 2.75) is 39.4 Å². The first kappa shape index (κ1) is 23.2. The fourth-order valence-electron chi connectivity index (χ4n) is 3.90. The van der Waals surface area contributed by atoms with Crippen LogP contribution in [-0.2, 0) is 20.1 Å². The molecule has 0 radical (unpaired) electrons. The van der Waals surface area contributed by atoms with Gasteiger partial charge in [-0.25, -0.2) is 9.38 Å². The van der Waals surface area contributed by atoms with Crippen LogP contribution in [0.2, 0.25) is 0 Å². The van der Waals surface area contributed by atoms with E-state index in [1.54, 1.807) is 35.9 Å². The van der Waals surface area contributed by atoms with Crippen molar-refractivity contribution in [2.75, 3.05) is 5.32 Å². The molecule has 3 N–H and O–H groups in total. The van der Waals surface area contributed by atoms with E-state index < -0.39 is 5.54 Å². The summed E-state index contributed by atoms with van der Waals surface area (Å²) >= 11 is 0. The SMILES string of the molecule is CC(=O)c1ccc(CN/C(Nc2ccc(F)cc2)=c2/c(=O)n(C)c3n(c2=N)CC(C)(C)N=3)cc1. The Kier molecular flexibility index (Phi) is 5.95. The Hall–Kier alpha value is -4.01. The number of benzene rings is 2. The number of ketones is 1. The number of hydrogen-bond donors (Lipinski definition) is 3. The monoisotopic (exact) mass is 462 g/mol. The predicted molar refractivity (Wildman–Crippen MR) is 127 cm³/mol. The summed E-state index contributed by atoms with van der Waals surface area (Å²) in [5.74, 6) is -0.0666. The van der Waals surface area contributed by atoms with Crippen molar-refractivity contribution in [3.8, 4) is 0 Å². The van der Waals surface area contributed by atoms with E-state index in [1.807, 2.05) is 26.0 Å². The van der Waals surface area contributed by atoms with Crippen LogP contribution in [0.15, 0.2) is 58.3 Å². The molecule has 1 aliphatic rings. The molecule has 0 atom stereocenters.